The zero-order valence-corrected chi connectivity index (χ0v) is 10.9. The third-order valence-electron chi connectivity index (χ3n) is 4.26. The summed E-state index contributed by atoms with van der Waals surface area (Å²) in [6.45, 7) is 0. The molecule has 1 aliphatic carbocycles. The van der Waals surface area contributed by atoms with Gasteiger partial charge in [0.15, 0.2) is 5.82 Å². The number of pyridine rings is 1. The van der Waals surface area contributed by atoms with E-state index in [4.69, 9.17) is 0 Å². The maximum Gasteiger partial charge on any atom is 0.155 e. The number of anilines is 1. The lowest BCUT2D eigenvalue weighted by Crippen LogP contribution is -2.25. The molecule has 0 saturated carbocycles. The van der Waals surface area contributed by atoms with E-state index >= 15 is 0 Å². The van der Waals surface area contributed by atoms with Crippen LogP contribution in [0.4, 0.5) is 11.5 Å². The van der Waals surface area contributed by atoms with Gasteiger partial charge in [0.25, 0.3) is 0 Å². The van der Waals surface area contributed by atoms with Gasteiger partial charge in [-0.3, -0.25) is 0 Å². The molecule has 2 aliphatic rings. The smallest absolute Gasteiger partial charge is 0.155 e. The largest absolute Gasteiger partial charge is 0.388 e. The SMILES string of the molecule is CNc1ccc2c(c1)CC1(C=Nc3ncccc31)C2. The second-order valence-electron chi connectivity index (χ2n) is 5.38. The van der Waals surface area contributed by atoms with Crippen LogP contribution in [0.2, 0.25) is 0 Å². The van der Waals surface area contributed by atoms with Gasteiger partial charge in [-0.05, 0) is 42.2 Å². The number of benzene rings is 1. The molecule has 1 aromatic carbocycles. The molecule has 1 N–H and O–H groups in total. The normalized spacial score (nSPS) is 22.6. The Morgan fingerprint density at radius 2 is 2.05 bits per heavy atom. The summed E-state index contributed by atoms with van der Waals surface area (Å²) in [6.07, 6.45) is 5.98. The molecule has 1 aliphatic heterocycles. The highest BCUT2D eigenvalue weighted by Gasteiger charge is 2.42. The van der Waals surface area contributed by atoms with E-state index < -0.39 is 0 Å². The van der Waals surface area contributed by atoms with E-state index in [1.807, 2.05) is 19.3 Å². The Labute approximate surface area is 112 Å². The number of aromatic nitrogens is 1. The summed E-state index contributed by atoms with van der Waals surface area (Å²) in [4.78, 5) is 8.87. The van der Waals surface area contributed by atoms with Crippen LogP contribution in [-0.2, 0) is 18.3 Å². The van der Waals surface area contributed by atoms with Gasteiger partial charge in [0.05, 0.1) is 0 Å². The molecule has 1 unspecified atom stereocenters. The molecule has 3 heteroatoms. The quantitative estimate of drug-likeness (QED) is 0.843. The van der Waals surface area contributed by atoms with Crippen molar-refractivity contribution in [2.75, 3.05) is 12.4 Å². The number of nitrogens with one attached hydrogen (secondary N) is 1. The Kier molecular flexibility index (Phi) is 2.07. The second-order valence-corrected chi connectivity index (χ2v) is 5.38. The summed E-state index contributed by atoms with van der Waals surface area (Å²) in [5.74, 6) is 0.893. The third kappa shape index (κ3) is 1.44. The number of fused-ring (bicyclic) bond motifs is 3. The molecule has 94 valence electrons. The predicted octanol–water partition coefficient (Wildman–Crippen LogP) is 2.88. The molecule has 0 fully saturated rings. The number of nitrogens with zero attached hydrogens (tertiary/aromatic N) is 2. The predicted molar refractivity (Wildman–Crippen MR) is 77.5 cm³/mol. The van der Waals surface area contributed by atoms with Crippen molar-refractivity contribution in [3.05, 3.63) is 53.2 Å². The molecular formula is C16H15N3. The monoisotopic (exact) mass is 249 g/mol. The Morgan fingerprint density at radius 1 is 1.16 bits per heavy atom. The van der Waals surface area contributed by atoms with Crippen LogP contribution in [0.5, 0.6) is 0 Å². The second kappa shape index (κ2) is 3.67. The fraction of sp³-hybridized carbons (Fsp3) is 0.250. The highest BCUT2D eigenvalue weighted by Crippen LogP contribution is 2.45. The first-order valence-corrected chi connectivity index (χ1v) is 6.61. The molecule has 3 nitrogen and oxygen atoms in total. The van der Waals surface area contributed by atoms with Crippen molar-refractivity contribution >= 4 is 17.7 Å². The molecule has 1 spiro atoms. The van der Waals surface area contributed by atoms with E-state index in [-0.39, 0.29) is 5.41 Å². The van der Waals surface area contributed by atoms with Crippen molar-refractivity contribution in [3.63, 3.8) is 0 Å². The van der Waals surface area contributed by atoms with Crippen molar-refractivity contribution in [2.45, 2.75) is 18.3 Å². The highest BCUT2D eigenvalue weighted by atomic mass is 14.9. The third-order valence-corrected chi connectivity index (χ3v) is 4.26. The minimum Gasteiger partial charge on any atom is -0.388 e. The molecule has 0 bridgehead atoms. The average molecular weight is 249 g/mol. The lowest BCUT2D eigenvalue weighted by molar-refractivity contribution is 0.639. The molecule has 0 radical (unpaired) electrons. The summed E-state index contributed by atoms with van der Waals surface area (Å²) in [6, 6.07) is 10.8. The van der Waals surface area contributed by atoms with Crippen LogP contribution < -0.4 is 5.32 Å². The number of rotatable bonds is 1. The van der Waals surface area contributed by atoms with Crippen LogP contribution in [0.15, 0.2) is 41.5 Å². The van der Waals surface area contributed by atoms with Gasteiger partial charge in [0, 0.05) is 36.1 Å². The van der Waals surface area contributed by atoms with E-state index in [1.54, 1.807) is 0 Å². The van der Waals surface area contributed by atoms with E-state index in [0.717, 1.165) is 18.7 Å². The number of hydrogen-bond acceptors (Lipinski definition) is 3. The Hall–Kier alpha value is -2.16. The van der Waals surface area contributed by atoms with Crippen molar-refractivity contribution in [1.82, 2.24) is 4.98 Å². The molecule has 0 amide bonds. The lowest BCUT2D eigenvalue weighted by atomic mass is 9.81. The van der Waals surface area contributed by atoms with Gasteiger partial charge in [0.2, 0.25) is 0 Å². The molecule has 2 heterocycles. The first-order valence-electron chi connectivity index (χ1n) is 6.61. The van der Waals surface area contributed by atoms with E-state index in [2.05, 4.69) is 45.8 Å². The minimum atomic E-state index is 0.0400. The average Bonchev–Trinajstić information content (AvgIpc) is 3.00. The first-order chi connectivity index (χ1) is 9.31. The van der Waals surface area contributed by atoms with Crippen molar-refractivity contribution < 1.29 is 0 Å². The van der Waals surface area contributed by atoms with Gasteiger partial charge >= 0.3 is 0 Å². The zero-order chi connectivity index (χ0) is 12.9. The van der Waals surface area contributed by atoms with Crippen LogP contribution in [0.1, 0.15) is 16.7 Å². The van der Waals surface area contributed by atoms with E-state index in [0.29, 0.717) is 0 Å². The zero-order valence-electron chi connectivity index (χ0n) is 10.9. The molecule has 2 aromatic rings. The summed E-state index contributed by atoms with van der Waals surface area (Å²) in [5.41, 5.74) is 5.35. The Bertz CT molecular complexity index is 690. The fourth-order valence-electron chi connectivity index (χ4n) is 3.29. The summed E-state index contributed by atoms with van der Waals surface area (Å²) >= 11 is 0. The molecule has 19 heavy (non-hydrogen) atoms. The standard InChI is InChI=1S/C16H15N3/c1-17-13-5-4-11-8-16(9-12(11)7-13)10-19-15-14(16)3-2-6-18-15/h2-7,10,17H,8-9H2,1H3. The lowest BCUT2D eigenvalue weighted by Gasteiger charge is -2.20. The van der Waals surface area contributed by atoms with Gasteiger partial charge < -0.3 is 5.32 Å². The molecule has 4 rings (SSSR count). The molecular weight excluding hydrogens is 234 g/mol. The fourth-order valence-corrected chi connectivity index (χ4v) is 3.29. The Morgan fingerprint density at radius 3 is 2.95 bits per heavy atom. The summed E-state index contributed by atoms with van der Waals surface area (Å²) in [5, 5.41) is 3.21. The number of hydrogen-bond donors (Lipinski definition) is 1. The van der Waals surface area contributed by atoms with E-state index in [1.165, 1.54) is 22.4 Å². The van der Waals surface area contributed by atoms with E-state index in [9.17, 15) is 0 Å². The van der Waals surface area contributed by atoms with Gasteiger partial charge in [-0.1, -0.05) is 12.1 Å². The van der Waals surface area contributed by atoms with Gasteiger partial charge in [-0.2, -0.15) is 0 Å². The first kappa shape index (κ1) is 10.7. The van der Waals surface area contributed by atoms with Gasteiger partial charge in [0.1, 0.15) is 0 Å². The molecule has 1 aromatic heterocycles. The van der Waals surface area contributed by atoms with Crippen molar-refractivity contribution in [1.29, 1.82) is 0 Å². The van der Waals surface area contributed by atoms with Crippen LogP contribution in [0, 0.1) is 0 Å². The minimum absolute atomic E-state index is 0.0400. The highest BCUT2D eigenvalue weighted by molar-refractivity contribution is 5.86. The van der Waals surface area contributed by atoms with Crippen LogP contribution >= 0.6 is 0 Å². The van der Waals surface area contributed by atoms with Crippen molar-refractivity contribution in [2.24, 2.45) is 4.99 Å². The van der Waals surface area contributed by atoms with Crippen LogP contribution in [0.25, 0.3) is 0 Å². The maximum atomic E-state index is 4.51. The summed E-state index contributed by atoms with van der Waals surface area (Å²) in [7, 11) is 1.96. The summed E-state index contributed by atoms with van der Waals surface area (Å²) < 4.78 is 0. The van der Waals surface area contributed by atoms with Gasteiger partial charge in [-0.15, -0.1) is 0 Å². The topological polar surface area (TPSA) is 37.3 Å². The number of aliphatic imine (C=N–C) groups is 1. The molecule has 0 saturated heterocycles. The maximum absolute atomic E-state index is 4.51. The van der Waals surface area contributed by atoms with Crippen LogP contribution in [-0.4, -0.2) is 18.2 Å². The molecule has 1 atom stereocenters. The Balaban J connectivity index is 1.80. The van der Waals surface area contributed by atoms with Gasteiger partial charge in [-0.25, -0.2) is 9.98 Å². The van der Waals surface area contributed by atoms with Crippen LogP contribution in [0.3, 0.4) is 0 Å². The van der Waals surface area contributed by atoms with Crippen molar-refractivity contribution in [3.8, 4) is 0 Å².